The lowest BCUT2D eigenvalue weighted by molar-refractivity contribution is -0.154. The van der Waals surface area contributed by atoms with Crippen LogP contribution < -0.4 is 10.1 Å². The summed E-state index contributed by atoms with van der Waals surface area (Å²) in [7, 11) is 0. The largest absolute Gasteiger partial charge is 0.468 e. The van der Waals surface area contributed by atoms with Gasteiger partial charge < -0.3 is 14.6 Å². The van der Waals surface area contributed by atoms with E-state index in [1.54, 1.807) is 6.07 Å². The molecular formula is C14H16F3N3O. The van der Waals surface area contributed by atoms with Crippen LogP contribution >= 0.6 is 0 Å². The quantitative estimate of drug-likeness (QED) is 0.888. The van der Waals surface area contributed by atoms with Crippen LogP contribution in [0.1, 0.15) is 12.6 Å². The maximum absolute atomic E-state index is 12.0. The Morgan fingerprint density at radius 3 is 2.71 bits per heavy atom. The molecule has 0 unspecified atom stereocenters. The number of alkyl halides is 3. The highest BCUT2D eigenvalue weighted by Gasteiger charge is 2.28. The second-order valence-corrected chi connectivity index (χ2v) is 4.43. The van der Waals surface area contributed by atoms with Gasteiger partial charge in [0.25, 0.3) is 0 Å². The molecule has 0 spiro atoms. The van der Waals surface area contributed by atoms with E-state index in [0.717, 1.165) is 17.9 Å². The minimum atomic E-state index is -4.36. The number of hydrogen-bond acceptors (Lipinski definition) is 3. The Bertz CT molecular complexity index is 564. The lowest BCUT2D eigenvalue weighted by Gasteiger charge is -2.10. The Hall–Kier alpha value is -2.18. The van der Waals surface area contributed by atoms with Gasteiger partial charge in [-0.15, -0.1) is 0 Å². The average Bonchev–Trinajstić information content (AvgIpc) is 2.90. The van der Waals surface area contributed by atoms with Crippen molar-refractivity contribution >= 4 is 5.69 Å². The number of pyridine rings is 1. The molecule has 0 aliphatic heterocycles. The van der Waals surface area contributed by atoms with Crippen molar-refractivity contribution in [2.45, 2.75) is 26.2 Å². The minimum absolute atomic E-state index is 0.0465. The van der Waals surface area contributed by atoms with Gasteiger partial charge in [0, 0.05) is 24.5 Å². The maximum Gasteiger partial charge on any atom is 0.422 e. The summed E-state index contributed by atoms with van der Waals surface area (Å²) in [6.45, 7) is 2.21. The molecule has 2 aromatic rings. The highest BCUT2D eigenvalue weighted by molar-refractivity contribution is 5.42. The Kier molecular flexibility index (Phi) is 4.72. The van der Waals surface area contributed by atoms with Gasteiger partial charge in [0.05, 0.1) is 18.4 Å². The number of aryl methyl sites for hydroxylation is 1. The van der Waals surface area contributed by atoms with E-state index in [2.05, 4.69) is 26.5 Å². The zero-order chi connectivity index (χ0) is 15.3. The van der Waals surface area contributed by atoms with Crippen molar-refractivity contribution in [3.05, 3.63) is 42.4 Å². The Labute approximate surface area is 120 Å². The molecule has 0 aliphatic carbocycles. The normalized spacial score (nSPS) is 11.4. The summed E-state index contributed by atoms with van der Waals surface area (Å²) in [6.07, 6.45) is -0.918. The second-order valence-electron chi connectivity index (χ2n) is 4.43. The molecule has 0 radical (unpaired) electrons. The molecule has 2 aromatic heterocycles. The predicted octanol–water partition coefficient (Wildman–Crippen LogP) is 3.46. The average molecular weight is 299 g/mol. The van der Waals surface area contributed by atoms with Crippen LogP contribution in [0, 0.1) is 0 Å². The predicted molar refractivity (Wildman–Crippen MR) is 73.2 cm³/mol. The standard InChI is InChI=1S/C14H16F3N3O/c1-2-20-7-3-4-12(20)9-18-11-5-6-13(19-8-11)21-10-14(15,16)17/h3-8,18H,2,9-10H2,1H3. The van der Waals surface area contributed by atoms with Crippen molar-refractivity contribution in [3.8, 4) is 5.88 Å². The number of nitrogens with zero attached hydrogens (tertiary/aromatic N) is 2. The van der Waals surface area contributed by atoms with E-state index in [0.29, 0.717) is 6.54 Å². The third-order valence-corrected chi connectivity index (χ3v) is 2.86. The second kappa shape index (κ2) is 6.51. The van der Waals surface area contributed by atoms with Crippen LogP contribution in [0.15, 0.2) is 36.7 Å². The highest BCUT2D eigenvalue weighted by atomic mass is 19.4. The fraction of sp³-hybridized carbons (Fsp3) is 0.357. The molecule has 21 heavy (non-hydrogen) atoms. The molecule has 0 amide bonds. The van der Waals surface area contributed by atoms with Gasteiger partial charge in [0.2, 0.25) is 5.88 Å². The van der Waals surface area contributed by atoms with Gasteiger partial charge in [-0.2, -0.15) is 13.2 Å². The van der Waals surface area contributed by atoms with E-state index in [1.807, 2.05) is 18.3 Å². The Balaban J connectivity index is 1.88. The van der Waals surface area contributed by atoms with E-state index in [4.69, 9.17) is 0 Å². The summed E-state index contributed by atoms with van der Waals surface area (Å²) in [5, 5.41) is 3.16. The Morgan fingerprint density at radius 2 is 2.10 bits per heavy atom. The highest BCUT2D eigenvalue weighted by Crippen LogP contribution is 2.18. The molecule has 1 N–H and O–H groups in total. The molecule has 0 aromatic carbocycles. The van der Waals surface area contributed by atoms with E-state index < -0.39 is 12.8 Å². The zero-order valence-corrected chi connectivity index (χ0v) is 11.5. The summed E-state index contributed by atoms with van der Waals surface area (Å²) in [4.78, 5) is 3.83. The van der Waals surface area contributed by atoms with Crippen molar-refractivity contribution in [1.29, 1.82) is 0 Å². The van der Waals surface area contributed by atoms with Crippen molar-refractivity contribution in [3.63, 3.8) is 0 Å². The van der Waals surface area contributed by atoms with Crippen molar-refractivity contribution in [2.24, 2.45) is 0 Å². The molecule has 2 rings (SSSR count). The van der Waals surface area contributed by atoms with Crippen LogP contribution in [0.3, 0.4) is 0 Å². The lowest BCUT2D eigenvalue weighted by Crippen LogP contribution is -2.19. The molecule has 7 heteroatoms. The Morgan fingerprint density at radius 1 is 1.29 bits per heavy atom. The molecule has 0 fully saturated rings. The summed E-state index contributed by atoms with van der Waals surface area (Å²) < 4.78 is 42.6. The third kappa shape index (κ3) is 4.70. The van der Waals surface area contributed by atoms with Gasteiger partial charge in [0.1, 0.15) is 0 Å². The molecule has 0 atom stereocenters. The number of rotatable bonds is 6. The summed E-state index contributed by atoms with van der Waals surface area (Å²) in [5.41, 5.74) is 1.84. The molecule has 0 aliphatic rings. The fourth-order valence-electron chi connectivity index (χ4n) is 1.84. The van der Waals surface area contributed by atoms with Crippen LogP contribution in [0.2, 0.25) is 0 Å². The van der Waals surface area contributed by atoms with E-state index in [9.17, 15) is 13.2 Å². The first-order chi connectivity index (χ1) is 9.98. The van der Waals surface area contributed by atoms with Gasteiger partial charge in [0.15, 0.2) is 6.61 Å². The van der Waals surface area contributed by atoms with Crippen LogP contribution in [0.25, 0.3) is 0 Å². The number of hydrogen-bond donors (Lipinski definition) is 1. The fourth-order valence-corrected chi connectivity index (χ4v) is 1.84. The molecular weight excluding hydrogens is 283 g/mol. The lowest BCUT2D eigenvalue weighted by atomic mass is 10.3. The SMILES string of the molecule is CCn1cccc1CNc1ccc(OCC(F)(F)F)nc1. The number of ether oxygens (including phenoxy) is 1. The third-order valence-electron chi connectivity index (χ3n) is 2.86. The smallest absolute Gasteiger partial charge is 0.422 e. The summed E-state index contributed by atoms with van der Waals surface area (Å²) >= 11 is 0. The van der Waals surface area contributed by atoms with Gasteiger partial charge in [-0.3, -0.25) is 0 Å². The monoisotopic (exact) mass is 299 g/mol. The maximum atomic E-state index is 12.0. The van der Waals surface area contributed by atoms with E-state index in [-0.39, 0.29) is 5.88 Å². The molecule has 0 saturated carbocycles. The molecule has 0 saturated heterocycles. The molecule has 4 nitrogen and oxygen atoms in total. The summed E-state index contributed by atoms with van der Waals surface area (Å²) in [6, 6.07) is 7.02. The van der Waals surface area contributed by atoms with Gasteiger partial charge in [-0.25, -0.2) is 4.98 Å². The van der Waals surface area contributed by atoms with Crippen molar-refractivity contribution in [1.82, 2.24) is 9.55 Å². The first-order valence-corrected chi connectivity index (χ1v) is 6.51. The first kappa shape index (κ1) is 15.2. The van der Waals surface area contributed by atoms with Crippen LogP contribution in [0.4, 0.5) is 18.9 Å². The number of nitrogens with one attached hydrogen (secondary N) is 1. The van der Waals surface area contributed by atoms with Gasteiger partial charge >= 0.3 is 6.18 Å². The number of aromatic nitrogens is 2. The van der Waals surface area contributed by atoms with E-state index >= 15 is 0 Å². The summed E-state index contributed by atoms with van der Waals surface area (Å²) in [5.74, 6) is -0.0465. The first-order valence-electron chi connectivity index (χ1n) is 6.51. The van der Waals surface area contributed by atoms with E-state index in [1.165, 1.54) is 12.3 Å². The topological polar surface area (TPSA) is 39.1 Å². The van der Waals surface area contributed by atoms with Gasteiger partial charge in [-0.05, 0) is 25.1 Å². The number of anilines is 1. The number of halogens is 3. The molecule has 114 valence electrons. The van der Waals surface area contributed by atoms with Crippen LogP contribution in [-0.2, 0) is 13.1 Å². The van der Waals surface area contributed by atoms with Crippen LogP contribution in [0.5, 0.6) is 5.88 Å². The molecule has 0 bridgehead atoms. The minimum Gasteiger partial charge on any atom is -0.468 e. The van der Waals surface area contributed by atoms with Gasteiger partial charge in [-0.1, -0.05) is 0 Å². The zero-order valence-electron chi connectivity index (χ0n) is 11.5. The van der Waals surface area contributed by atoms with Crippen LogP contribution in [-0.4, -0.2) is 22.3 Å². The van der Waals surface area contributed by atoms with Crippen molar-refractivity contribution < 1.29 is 17.9 Å². The molecule has 2 heterocycles. The van der Waals surface area contributed by atoms with Crippen molar-refractivity contribution in [2.75, 3.05) is 11.9 Å².